The standard InChI is InChI=1S/C11H14N2O/c1-3-11-4-9-6-13(8(2)14)7-10(9)5-12-11/h4-5H,3,6-7H2,1-2H3. The van der Waals surface area contributed by atoms with E-state index in [1.54, 1.807) is 6.92 Å². The highest BCUT2D eigenvalue weighted by molar-refractivity contribution is 5.74. The highest BCUT2D eigenvalue weighted by Gasteiger charge is 2.20. The smallest absolute Gasteiger partial charge is 0.220 e. The Morgan fingerprint density at radius 3 is 2.86 bits per heavy atom. The lowest BCUT2D eigenvalue weighted by Gasteiger charge is -2.10. The number of fused-ring (bicyclic) bond motifs is 1. The lowest BCUT2D eigenvalue weighted by molar-refractivity contribution is -0.129. The van der Waals surface area contributed by atoms with Crippen LogP contribution in [0, 0.1) is 0 Å². The molecule has 0 aromatic carbocycles. The molecule has 0 saturated heterocycles. The zero-order chi connectivity index (χ0) is 10.1. The normalized spacial score (nSPS) is 14.3. The summed E-state index contributed by atoms with van der Waals surface area (Å²) in [6.07, 6.45) is 2.85. The van der Waals surface area contributed by atoms with E-state index in [1.165, 1.54) is 11.1 Å². The Balaban J connectivity index is 2.27. The van der Waals surface area contributed by atoms with E-state index in [1.807, 2.05) is 11.1 Å². The highest BCUT2D eigenvalue weighted by Crippen LogP contribution is 2.22. The van der Waals surface area contributed by atoms with Gasteiger partial charge in [-0.15, -0.1) is 0 Å². The van der Waals surface area contributed by atoms with Crippen molar-refractivity contribution in [2.24, 2.45) is 0 Å². The quantitative estimate of drug-likeness (QED) is 0.672. The molecule has 0 unspecified atom stereocenters. The van der Waals surface area contributed by atoms with Gasteiger partial charge in [0.25, 0.3) is 0 Å². The van der Waals surface area contributed by atoms with Crippen LogP contribution in [0.3, 0.4) is 0 Å². The summed E-state index contributed by atoms with van der Waals surface area (Å²) in [7, 11) is 0. The van der Waals surface area contributed by atoms with Gasteiger partial charge in [0, 0.05) is 31.9 Å². The average molecular weight is 190 g/mol. The molecule has 3 heteroatoms. The minimum atomic E-state index is 0.138. The van der Waals surface area contributed by atoms with Crippen LogP contribution >= 0.6 is 0 Å². The summed E-state index contributed by atoms with van der Waals surface area (Å²) >= 11 is 0. The summed E-state index contributed by atoms with van der Waals surface area (Å²) in [5.41, 5.74) is 3.55. The van der Waals surface area contributed by atoms with Crippen molar-refractivity contribution < 1.29 is 4.79 Å². The van der Waals surface area contributed by atoms with E-state index in [2.05, 4.69) is 18.0 Å². The van der Waals surface area contributed by atoms with Crippen molar-refractivity contribution in [1.29, 1.82) is 0 Å². The summed E-state index contributed by atoms with van der Waals surface area (Å²) in [6.45, 7) is 5.17. The van der Waals surface area contributed by atoms with Crippen molar-refractivity contribution in [2.45, 2.75) is 33.4 Å². The fourth-order valence-corrected chi connectivity index (χ4v) is 1.75. The maximum absolute atomic E-state index is 11.2. The minimum absolute atomic E-state index is 0.138. The average Bonchev–Trinajstić information content (AvgIpc) is 2.59. The molecule has 2 rings (SSSR count). The van der Waals surface area contributed by atoms with E-state index in [0.717, 1.165) is 25.2 Å². The van der Waals surface area contributed by atoms with Crippen LogP contribution in [0.2, 0.25) is 0 Å². The molecular weight excluding hydrogens is 176 g/mol. The first kappa shape index (κ1) is 9.19. The van der Waals surface area contributed by atoms with E-state index in [0.29, 0.717) is 0 Å². The number of nitrogens with zero attached hydrogens (tertiary/aromatic N) is 2. The van der Waals surface area contributed by atoms with Crippen LogP contribution in [0.1, 0.15) is 30.7 Å². The number of amides is 1. The molecule has 3 nitrogen and oxygen atoms in total. The second-order valence-electron chi connectivity index (χ2n) is 3.67. The van der Waals surface area contributed by atoms with Gasteiger partial charge in [-0.1, -0.05) is 6.92 Å². The molecule has 0 spiro atoms. The van der Waals surface area contributed by atoms with Crippen molar-refractivity contribution in [1.82, 2.24) is 9.88 Å². The largest absolute Gasteiger partial charge is 0.334 e. The van der Waals surface area contributed by atoms with Gasteiger partial charge < -0.3 is 4.90 Å². The van der Waals surface area contributed by atoms with Crippen LogP contribution in [-0.2, 0) is 24.3 Å². The lowest BCUT2D eigenvalue weighted by atomic mass is 10.1. The molecule has 74 valence electrons. The Morgan fingerprint density at radius 1 is 1.50 bits per heavy atom. The summed E-state index contributed by atoms with van der Waals surface area (Å²) < 4.78 is 0. The minimum Gasteiger partial charge on any atom is -0.334 e. The van der Waals surface area contributed by atoms with E-state index in [4.69, 9.17) is 0 Å². The Bertz CT molecular complexity index is 374. The molecule has 0 radical (unpaired) electrons. The molecule has 0 fully saturated rings. The first-order chi connectivity index (χ1) is 6.70. The number of carbonyl (C=O) groups excluding carboxylic acids is 1. The number of pyridine rings is 1. The molecule has 0 saturated carbocycles. The van der Waals surface area contributed by atoms with Crippen molar-refractivity contribution in [3.05, 3.63) is 29.1 Å². The summed E-state index contributed by atoms with van der Waals surface area (Å²) in [5, 5.41) is 0. The first-order valence-electron chi connectivity index (χ1n) is 4.93. The molecule has 0 aliphatic carbocycles. The van der Waals surface area contributed by atoms with Gasteiger partial charge >= 0.3 is 0 Å². The number of hydrogen-bond donors (Lipinski definition) is 0. The number of aryl methyl sites for hydroxylation is 1. The molecule has 0 N–H and O–H groups in total. The van der Waals surface area contributed by atoms with Crippen molar-refractivity contribution in [2.75, 3.05) is 0 Å². The van der Waals surface area contributed by atoms with Crippen molar-refractivity contribution >= 4 is 5.91 Å². The van der Waals surface area contributed by atoms with Crippen LogP contribution in [-0.4, -0.2) is 15.8 Å². The fraction of sp³-hybridized carbons (Fsp3) is 0.455. The van der Waals surface area contributed by atoms with E-state index < -0.39 is 0 Å². The number of rotatable bonds is 1. The fourth-order valence-electron chi connectivity index (χ4n) is 1.75. The maximum Gasteiger partial charge on any atom is 0.220 e. The zero-order valence-electron chi connectivity index (χ0n) is 8.58. The summed E-state index contributed by atoms with van der Waals surface area (Å²) in [5.74, 6) is 0.138. The molecule has 0 atom stereocenters. The Labute approximate surface area is 83.8 Å². The molecule has 1 amide bonds. The molecule has 2 heterocycles. The van der Waals surface area contributed by atoms with E-state index in [-0.39, 0.29) is 5.91 Å². The third-order valence-electron chi connectivity index (χ3n) is 2.67. The zero-order valence-corrected chi connectivity index (χ0v) is 8.58. The molecule has 14 heavy (non-hydrogen) atoms. The van der Waals surface area contributed by atoms with Crippen LogP contribution in [0.15, 0.2) is 12.3 Å². The van der Waals surface area contributed by atoms with Gasteiger partial charge in [0.2, 0.25) is 5.91 Å². The number of carbonyl (C=O) groups is 1. The monoisotopic (exact) mass is 190 g/mol. The van der Waals surface area contributed by atoms with Gasteiger partial charge in [-0.25, -0.2) is 0 Å². The van der Waals surface area contributed by atoms with Gasteiger partial charge in [0.05, 0.1) is 0 Å². The molecule has 1 aromatic heterocycles. The highest BCUT2D eigenvalue weighted by atomic mass is 16.2. The lowest BCUT2D eigenvalue weighted by Crippen LogP contribution is -2.21. The molecule has 1 aliphatic heterocycles. The van der Waals surface area contributed by atoms with Gasteiger partial charge in [0.1, 0.15) is 0 Å². The first-order valence-corrected chi connectivity index (χ1v) is 4.93. The second-order valence-corrected chi connectivity index (χ2v) is 3.67. The predicted octanol–water partition coefficient (Wildman–Crippen LogP) is 1.51. The van der Waals surface area contributed by atoms with Gasteiger partial charge in [-0.3, -0.25) is 9.78 Å². The third kappa shape index (κ3) is 1.50. The Hall–Kier alpha value is -1.38. The van der Waals surface area contributed by atoms with Crippen LogP contribution in [0.4, 0.5) is 0 Å². The van der Waals surface area contributed by atoms with Crippen molar-refractivity contribution in [3.8, 4) is 0 Å². The van der Waals surface area contributed by atoms with Crippen LogP contribution in [0.5, 0.6) is 0 Å². The Kier molecular flexibility index (Phi) is 2.23. The third-order valence-corrected chi connectivity index (χ3v) is 2.67. The summed E-state index contributed by atoms with van der Waals surface area (Å²) in [6, 6.07) is 2.11. The second kappa shape index (κ2) is 3.40. The van der Waals surface area contributed by atoms with E-state index in [9.17, 15) is 4.79 Å². The topological polar surface area (TPSA) is 33.2 Å². The van der Waals surface area contributed by atoms with Gasteiger partial charge in [-0.05, 0) is 23.6 Å². The van der Waals surface area contributed by atoms with E-state index >= 15 is 0 Å². The molecule has 1 aromatic rings. The van der Waals surface area contributed by atoms with Gasteiger partial charge in [0.15, 0.2) is 0 Å². The Morgan fingerprint density at radius 2 is 2.21 bits per heavy atom. The van der Waals surface area contributed by atoms with Crippen LogP contribution < -0.4 is 0 Å². The predicted molar refractivity (Wildman–Crippen MR) is 53.5 cm³/mol. The molecular formula is C11H14N2O. The SMILES string of the molecule is CCc1cc2c(cn1)CN(C(C)=O)C2. The van der Waals surface area contributed by atoms with Gasteiger partial charge in [-0.2, -0.15) is 0 Å². The molecule has 1 aliphatic rings. The number of aromatic nitrogens is 1. The van der Waals surface area contributed by atoms with Crippen LogP contribution in [0.25, 0.3) is 0 Å². The van der Waals surface area contributed by atoms with Crippen molar-refractivity contribution in [3.63, 3.8) is 0 Å². The summed E-state index contributed by atoms with van der Waals surface area (Å²) in [4.78, 5) is 17.3. The molecule has 0 bridgehead atoms. The number of hydrogen-bond acceptors (Lipinski definition) is 2. The maximum atomic E-state index is 11.2.